The van der Waals surface area contributed by atoms with E-state index in [9.17, 15) is 12.8 Å². The number of benzene rings is 1. The monoisotopic (exact) mass is 335 g/mol. The molecule has 23 heavy (non-hydrogen) atoms. The van der Waals surface area contributed by atoms with Gasteiger partial charge in [0.25, 0.3) is 0 Å². The van der Waals surface area contributed by atoms with Gasteiger partial charge in [0.1, 0.15) is 0 Å². The van der Waals surface area contributed by atoms with Crippen molar-refractivity contribution in [3.63, 3.8) is 0 Å². The molecule has 0 spiro atoms. The van der Waals surface area contributed by atoms with Crippen LogP contribution in [0.4, 0.5) is 4.39 Å². The van der Waals surface area contributed by atoms with Crippen LogP contribution < -0.4 is 5.32 Å². The van der Waals surface area contributed by atoms with Gasteiger partial charge >= 0.3 is 0 Å². The standard InChI is InChI=1S/C16H18FN3O2S/c17-13-10-19-9-12-2-1-3-15(16(12)13)23(21,22)20-7-5-11-8-18-6-4-14(11)20/h1-3,9-11,14,18H,4-8H2. The number of aromatic nitrogens is 1. The van der Waals surface area contributed by atoms with Crippen LogP contribution in [0.1, 0.15) is 12.8 Å². The molecule has 0 amide bonds. The molecule has 4 rings (SSSR count). The maximum absolute atomic E-state index is 14.2. The minimum Gasteiger partial charge on any atom is -0.316 e. The Bertz CT molecular complexity index is 850. The van der Waals surface area contributed by atoms with E-state index >= 15 is 0 Å². The van der Waals surface area contributed by atoms with E-state index in [1.54, 1.807) is 16.4 Å². The summed E-state index contributed by atoms with van der Waals surface area (Å²) in [7, 11) is -3.72. The van der Waals surface area contributed by atoms with Gasteiger partial charge in [-0.15, -0.1) is 0 Å². The van der Waals surface area contributed by atoms with Crippen molar-refractivity contribution in [1.82, 2.24) is 14.6 Å². The van der Waals surface area contributed by atoms with Crippen LogP contribution in [0.25, 0.3) is 10.8 Å². The predicted molar refractivity (Wildman–Crippen MR) is 85.0 cm³/mol. The number of hydrogen-bond donors (Lipinski definition) is 1. The smallest absolute Gasteiger partial charge is 0.244 e. The van der Waals surface area contributed by atoms with Gasteiger partial charge in [0, 0.05) is 29.6 Å². The summed E-state index contributed by atoms with van der Waals surface area (Å²) >= 11 is 0. The van der Waals surface area contributed by atoms with Gasteiger partial charge in [-0.3, -0.25) is 4.98 Å². The second-order valence-electron chi connectivity index (χ2n) is 6.20. The largest absolute Gasteiger partial charge is 0.316 e. The summed E-state index contributed by atoms with van der Waals surface area (Å²) in [6, 6.07) is 4.84. The second-order valence-corrected chi connectivity index (χ2v) is 8.06. The molecule has 1 N–H and O–H groups in total. The van der Waals surface area contributed by atoms with E-state index in [4.69, 9.17) is 0 Å². The fraction of sp³-hybridized carbons (Fsp3) is 0.438. The Kier molecular flexibility index (Phi) is 3.59. The average Bonchev–Trinajstić information content (AvgIpc) is 2.99. The van der Waals surface area contributed by atoms with Crippen LogP contribution in [0.15, 0.2) is 35.5 Å². The predicted octanol–water partition coefficient (Wildman–Crippen LogP) is 1.75. The van der Waals surface area contributed by atoms with E-state index in [-0.39, 0.29) is 16.3 Å². The van der Waals surface area contributed by atoms with Gasteiger partial charge in [-0.2, -0.15) is 4.31 Å². The Hall–Kier alpha value is -1.57. The molecule has 2 aromatic rings. The molecule has 1 aromatic carbocycles. The molecule has 2 saturated heterocycles. The zero-order valence-electron chi connectivity index (χ0n) is 12.6. The Morgan fingerprint density at radius 1 is 1.26 bits per heavy atom. The summed E-state index contributed by atoms with van der Waals surface area (Å²) in [5.41, 5.74) is 0. The number of fused-ring (bicyclic) bond motifs is 2. The Balaban J connectivity index is 1.84. The second kappa shape index (κ2) is 5.51. The lowest BCUT2D eigenvalue weighted by Gasteiger charge is -2.31. The molecule has 122 valence electrons. The van der Waals surface area contributed by atoms with Gasteiger partial charge < -0.3 is 5.32 Å². The van der Waals surface area contributed by atoms with Crippen molar-refractivity contribution in [2.24, 2.45) is 5.92 Å². The maximum atomic E-state index is 14.2. The quantitative estimate of drug-likeness (QED) is 0.908. The van der Waals surface area contributed by atoms with Crippen LogP contribution in [0.5, 0.6) is 0 Å². The van der Waals surface area contributed by atoms with Gasteiger partial charge in [-0.25, -0.2) is 12.8 Å². The van der Waals surface area contributed by atoms with Crippen molar-refractivity contribution >= 4 is 20.8 Å². The molecule has 5 nitrogen and oxygen atoms in total. The zero-order chi connectivity index (χ0) is 16.0. The number of halogens is 1. The number of nitrogens with one attached hydrogen (secondary N) is 1. The van der Waals surface area contributed by atoms with Crippen LogP contribution in [-0.2, 0) is 10.0 Å². The highest BCUT2D eigenvalue weighted by Crippen LogP contribution is 2.35. The van der Waals surface area contributed by atoms with E-state index in [1.165, 1.54) is 12.3 Å². The van der Waals surface area contributed by atoms with Crippen molar-refractivity contribution in [2.45, 2.75) is 23.8 Å². The van der Waals surface area contributed by atoms with E-state index in [0.717, 1.165) is 32.1 Å². The summed E-state index contributed by atoms with van der Waals surface area (Å²) in [5.74, 6) is -0.247. The van der Waals surface area contributed by atoms with Crippen molar-refractivity contribution in [2.75, 3.05) is 19.6 Å². The van der Waals surface area contributed by atoms with Crippen LogP contribution >= 0.6 is 0 Å². The minimum atomic E-state index is -3.72. The number of hydrogen-bond acceptors (Lipinski definition) is 4. The van der Waals surface area contributed by atoms with Gasteiger partial charge in [0.2, 0.25) is 10.0 Å². The lowest BCUT2D eigenvalue weighted by atomic mass is 9.95. The van der Waals surface area contributed by atoms with Crippen LogP contribution in [0.2, 0.25) is 0 Å². The van der Waals surface area contributed by atoms with E-state index in [2.05, 4.69) is 10.3 Å². The summed E-state index contributed by atoms with van der Waals surface area (Å²) in [6.07, 6.45) is 4.22. The fourth-order valence-corrected chi connectivity index (χ4v) is 5.80. The molecule has 0 radical (unpaired) electrons. The molecule has 3 heterocycles. The number of sulfonamides is 1. The highest BCUT2D eigenvalue weighted by Gasteiger charge is 2.42. The molecule has 0 aliphatic carbocycles. The number of rotatable bonds is 2. The molecule has 0 bridgehead atoms. The molecule has 7 heteroatoms. The summed E-state index contributed by atoms with van der Waals surface area (Å²) in [6.45, 7) is 2.17. The van der Waals surface area contributed by atoms with Crippen molar-refractivity contribution < 1.29 is 12.8 Å². The fourth-order valence-electron chi connectivity index (χ4n) is 3.84. The minimum absolute atomic E-state index is 0.0152. The first kappa shape index (κ1) is 15.0. The van der Waals surface area contributed by atoms with Crippen molar-refractivity contribution in [3.05, 3.63) is 36.4 Å². The van der Waals surface area contributed by atoms with Crippen LogP contribution in [-0.4, -0.2) is 43.4 Å². The maximum Gasteiger partial charge on any atom is 0.244 e. The highest BCUT2D eigenvalue weighted by molar-refractivity contribution is 7.89. The third-order valence-electron chi connectivity index (χ3n) is 4.94. The lowest BCUT2D eigenvalue weighted by Crippen LogP contribution is -2.45. The molecule has 2 unspecified atom stereocenters. The normalized spacial score (nSPS) is 25.6. The van der Waals surface area contributed by atoms with Gasteiger partial charge in [0.15, 0.2) is 5.82 Å². The topological polar surface area (TPSA) is 62.3 Å². The lowest BCUT2D eigenvalue weighted by molar-refractivity contribution is 0.274. The van der Waals surface area contributed by atoms with Gasteiger partial charge in [0.05, 0.1) is 11.1 Å². The molecule has 2 atom stereocenters. The number of pyridine rings is 1. The van der Waals surface area contributed by atoms with Crippen molar-refractivity contribution in [1.29, 1.82) is 0 Å². The van der Waals surface area contributed by atoms with Crippen molar-refractivity contribution in [3.8, 4) is 0 Å². The highest BCUT2D eigenvalue weighted by atomic mass is 32.2. The first-order valence-corrected chi connectivity index (χ1v) is 9.28. The molecule has 2 aliphatic rings. The Morgan fingerprint density at radius 2 is 2.13 bits per heavy atom. The summed E-state index contributed by atoms with van der Waals surface area (Å²) in [4.78, 5) is 3.86. The Morgan fingerprint density at radius 3 is 3.00 bits per heavy atom. The molecular weight excluding hydrogens is 317 g/mol. The molecule has 1 aromatic heterocycles. The molecule has 2 aliphatic heterocycles. The van der Waals surface area contributed by atoms with Crippen LogP contribution in [0.3, 0.4) is 0 Å². The SMILES string of the molecule is O=S(=O)(c1cccc2cncc(F)c12)N1CCC2CNCCC21. The van der Waals surface area contributed by atoms with Gasteiger partial charge in [-0.05, 0) is 37.9 Å². The van der Waals surface area contributed by atoms with E-state index < -0.39 is 15.8 Å². The average molecular weight is 335 g/mol. The number of nitrogens with zero attached hydrogens (tertiary/aromatic N) is 2. The van der Waals surface area contributed by atoms with Gasteiger partial charge in [-0.1, -0.05) is 12.1 Å². The first-order valence-electron chi connectivity index (χ1n) is 7.84. The molecule has 2 fully saturated rings. The first-order chi connectivity index (χ1) is 11.1. The van der Waals surface area contributed by atoms with E-state index in [1.807, 2.05) is 0 Å². The zero-order valence-corrected chi connectivity index (χ0v) is 13.4. The van der Waals surface area contributed by atoms with E-state index in [0.29, 0.717) is 17.8 Å². The molecular formula is C16H18FN3O2S. The Labute approximate surface area is 134 Å². The third-order valence-corrected chi connectivity index (χ3v) is 6.91. The molecule has 0 saturated carbocycles. The summed E-state index contributed by atoms with van der Waals surface area (Å²) < 4.78 is 42.2. The third kappa shape index (κ3) is 2.34. The summed E-state index contributed by atoms with van der Waals surface area (Å²) in [5, 5.41) is 3.96. The van der Waals surface area contributed by atoms with Crippen LogP contribution in [0, 0.1) is 11.7 Å². The number of piperidine rings is 1.